The smallest absolute Gasteiger partial charge is 0.244 e. The SMILES string of the molecule is CC(C)(C)CC(C)(C)NC(=O)C1N(CCCO)C(=O)[C@@H]2[C@@H](C(=O)NCc3ccccc3)[C@H]3CCC12S3. The molecule has 3 fully saturated rings. The van der Waals surface area contributed by atoms with Crippen LogP contribution < -0.4 is 10.6 Å². The van der Waals surface area contributed by atoms with Gasteiger partial charge in [-0.3, -0.25) is 14.4 Å². The molecule has 3 saturated heterocycles. The Morgan fingerprint density at radius 1 is 1.14 bits per heavy atom. The molecule has 4 rings (SSSR count). The van der Waals surface area contributed by atoms with E-state index in [0.29, 0.717) is 19.5 Å². The van der Waals surface area contributed by atoms with Crippen molar-refractivity contribution in [2.75, 3.05) is 13.2 Å². The third-order valence-corrected chi connectivity index (χ3v) is 9.60. The second-order valence-electron chi connectivity index (χ2n) is 12.5. The van der Waals surface area contributed by atoms with E-state index in [1.807, 2.05) is 44.2 Å². The van der Waals surface area contributed by atoms with Gasteiger partial charge in [0, 0.05) is 30.5 Å². The molecule has 3 heterocycles. The van der Waals surface area contributed by atoms with E-state index >= 15 is 0 Å². The number of likely N-dealkylation sites (tertiary alicyclic amines) is 1. The topological polar surface area (TPSA) is 98.7 Å². The van der Waals surface area contributed by atoms with Crippen LogP contribution in [-0.4, -0.2) is 62.5 Å². The lowest BCUT2D eigenvalue weighted by Gasteiger charge is -2.38. The second-order valence-corrected chi connectivity index (χ2v) is 14.1. The van der Waals surface area contributed by atoms with Crippen LogP contribution in [0.1, 0.15) is 65.9 Å². The molecule has 3 N–H and O–H groups in total. The number of thioether (sulfide) groups is 1. The van der Waals surface area contributed by atoms with E-state index in [9.17, 15) is 19.5 Å². The molecule has 0 aliphatic carbocycles. The number of carbonyl (C=O) groups is 3. The van der Waals surface area contributed by atoms with Gasteiger partial charge in [0.1, 0.15) is 6.04 Å². The van der Waals surface area contributed by atoms with Crippen molar-refractivity contribution >= 4 is 29.5 Å². The van der Waals surface area contributed by atoms with Crippen molar-refractivity contribution in [1.29, 1.82) is 0 Å². The first-order valence-electron chi connectivity index (χ1n) is 13.1. The number of rotatable bonds is 9. The number of aliphatic hydroxyl groups is 1. The molecule has 3 aliphatic heterocycles. The van der Waals surface area contributed by atoms with E-state index in [1.165, 1.54) is 0 Å². The standard InChI is InChI=1S/C28H41N3O4S/c1-26(2,3)17-27(4,5)30-24(34)22-28-13-12-19(36-28)20(21(28)25(35)31(22)14-9-15-32)23(33)29-16-18-10-7-6-8-11-18/h6-8,10-11,19-22,32H,9,12-17H2,1-5H3,(H,29,33)(H,30,34)/t19-,20+,21+,22?,28?/m1/s1. The quantitative estimate of drug-likeness (QED) is 0.469. The number of carbonyl (C=O) groups excluding carboxylic acids is 3. The van der Waals surface area contributed by atoms with Gasteiger partial charge in [-0.15, -0.1) is 11.8 Å². The summed E-state index contributed by atoms with van der Waals surface area (Å²) in [5.74, 6) is -1.33. The third-order valence-electron chi connectivity index (χ3n) is 7.65. The highest BCUT2D eigenvalue weighted by molar-refractivity contribution is 8.02. The first-order valence-corrected chi connectivity index (χ1v) is 14.0. The summed E-state index contributed by atoms with van der Waals surface area (Å²) in [5.41, 5.74) is 0.600. The number of aliphatic hydroxyl groups excluding tert-OH is 1. The third kappa shape index (κ3) is 5.17. The number of hydrogen-bond donors (Lipinski definition) is 3. The average Bonchev–Trinajstić information content (AvgIpc) is 3.42. The zero-order chi connectivity index (χ0) is 26.3. The Morgan fingerprint density at radius 2 is 1.83 bits per heavy atom. The van der Waals surface area contributed by atoms with Crippen LogP contribution in [0.3, 0.4) is 0 Å². The minimum atomic E-state index is -0.636. The Hall–Kier alpha value is -2.06. The monoisotopic (exact) mass is 515 g/mol. The van der Waals surface area contributed by atoms with Gasteiger partial charge in [0.25, 0.3) is 0 Å². The summed E-state index contributed by atoms with van der Waals surface area (Å²) in [6, 6.07) is 9.11. The lowest BCUT2D eigenvalue weighted by Crippen LogP contribution is -2.58. The normalized spacial score (nSPS) is 29.4. The van der Waals surface area contributed by atoms with Gasteiger partial charge in [0.15, 0.2) is 0 Å². The van der Waals surface area contributed by atoms with Gasteiger partial charge in [0.05, 0.1) is 16.6 Å². The molecule has 3 aliphatic rings. The van der Waals surface area contributed by atoms with Crippen molar-refractivity contribution in [2.45, 2.75) is 88.4 Å². The molecule has 2 unspecified atom stereocenters. The summed E-state index contributed by atoms with van der Waals surface area (Å²) in [6.07, 6.45) is 2.76. The maximum absolute atomic E-state index is 13.9. The first kappa shape index (κ1) is 27.0. The Balaban J connectivity index is 1.58. The molecule has 0 aromatic heterocycles. The Labute approximate surface area is 219 Å². The van der Waals surface area contributed by atoms with Gasteiger partial charge in [0.2, 0.25) is 17.7 Å². The van der Waals surface area contributed by atoms with E-state index in [4.69, 9.17) is 0 Å². The van der Waals surface area contributed by atoms with Crippen molar-refractivity contribution < 1.29 is 19.5 Å². The van der Waals surface area contributed by atoms with Crippen LogP contribution in [0.25, 0.3) is 0 Å². The molecule has 0 radical (unpaired) electrons. The van der Waals surface area contributed by atoms with Gasteiger partial charge in [-0.25, -0.2) is 0 Å². The molecule has 5 atom stereocenters. The fourth-order valence-electron chi connectivity index (χ4n) is 6.91. The predicted molar refractivity (Wildman–Crippen MR) is 142 cm³/mol. The minimum absolute atomic E-state index is 0.0299. The lowest BCUT2D eigenvalue weighted by molar-refractivity contribution is -0.140. The summed E-state index contributed by atoms with van der Waals surface area (Å²) in [6.45, 7) is 11.2. The summed E-state index contributed by atoms with van der Waals surface area (Å²) in [4.78, 5) is 42.8. The highest BCUT2D eigenvalue weighted by atomic mass is 32.2. The average molecular weight is 516 g/mol. The van der Waals surface area contributed by atoms with E-state index in [2.05, 4.69) is 31.4 Å². The van der Waals surface area contributed by atoms with Gasteiger partial charge >= 0.3 is 0 Å². The zero-order valence-corrected chi connectivity index (χ0v) is 23.0. The van der Waals surface area contributed by atoms with Crippen LogP contribution in [0.4, 0.5) is 0 Å². The molecule has 2 bridgehead atoms. The summed E-state index contributed by atoms with van der Waals surface area (Å²) in [5, 5.41) is 15.8. The molecule has 7 nitrogen and oxygen atoms in total. The van der Waals surface area contributed by atoms with Gasteiger partial charge in [-0.05, 0) is 50.5 Å². The number of nitrogens with one attached hydrogen (secondary N) is 2. The summed E-state index contributed by atoms with van der Waals surface area (Å²) in [7, 11) is 0. The largest absolute Gasteiger partial charge is 0.396 e. The number of amides is 3. The highest BCUT2D eigenvalue weighted by Gasteiger charge is 2.73. The maximum atomic E-state index is 13.9. The molecule has 0 saturated carbocycles. The van der Waals surface area contributed by atoms with Crippen LogP contribution in [0, 0.1) is 17.3 Å². The molecule has 3 amide bonds. The van der Waals surface area contributed by atoms with Crippen molar-refractivity contribution in [2.24, 2.45) is 17.3 Å². The molecule has 1 aromatic carbocycles. The van der Waals surface area contributed by atoms with Crippen LogP contribution >= 0.6 is 11.8 Å². The number of benzene rings is 1. The number of fused-ring (bicyclic) bond motifs is 1. The van der Waals surface area contributed by atoms with Crippen LogP contribution in [0.2, 0.25) is 0 Å². The van der Waals surface area contributed by atoms with E-state index in [-0.39, 0.29) is 35.0 Å². The Morgan fingerprint density at radius 3 is 2.47 bits per heavy atom. The Kier molecular flexibility index (Phi) is 7.50. The number of hydrogen-bond acceptors (Lipinski definition) is 5. The molecular formula is C28H41N3O4S. The number of nitrogens with zero attached hydrogens (tertiary/aromatic N) is 1. The van der Waals surface area contributed by atoms with Crippen LogP contribution in [0.5, 0.6) is 0 Å². The van der Waals surface area contributed by atoms with Crippen molar-refractivity contribution in [3.05, 3.63) is 35.9 Å². The van der Waals surface area contributed by atoms with Crippen molar-refractivity contribution in [1.82, 2.24) is 15.5 Å². The summed E-state index contributed by atoms with van der Waals surface area (Å²) < 4.78 is -0.603. The molecule has 1 aromatic rings. The minimum Gasteiger partial charge on any atom is -0.396 e. The fraction of sp³-hybridized carbons (Fsp3) is 0.679. The van der Waals surface area contributed by atoms with E-state index in [0.717, 1.165) is 24.8 Å². The van der Waals surface area contributed by atoms with Crippen molar-refractivity contribution in [3.63, 3.8) is 0 Å². The van der Waals surface area contributed by atoms with Gasteiger partial charge < -0.3 is 20.6 Å². The fourth-order valence-corrected chi connectivity index (χ4v) is 9.13. The predicted octanol–water partition coefficient (Wildman–Crippen LogP) is 3.11. The first-order chi connectivity index (χ1) is 16.9. The lowest BCUT2D eigenvalue weighted by atomic mass is 9.70. The molecule has 8 heteroatoms. The van der Waals surface area contributed by atoms with Crippen LogP contribution in [-0.2, 0) is 20.9 Å². The highest BCUT2D eigenvalue weighted by Crippen LogP contribution is 2.66. The molecule has 36 heavy (non-hydrogen) atoms. The Bertz CT molecular complexity index is 992. The molecule has 198 valence electrons. The van der Waals surface area contributed by atoms with E-state index in [1.54, 1.807) is 16.7 Å². The van der Waals surface area contributed by atoms with Crippen LogP contribution in [0.15, 0.2) is 30.3 Å². The van der Waals surface area contributed by atoms with E-state index < -0.39 is 28.2 Å². The van der Waals surface area contributed by atoms with Gasteiger partial charge in [-0.1, -0.05) is 51.1 Å². The summed E-state index contributed by atoms with van der Waals surface area (Å²) >= 11 is 1.68. The van der Waals surface area contributed by atoms with Crippen molar-refractivity contribution in [3.8, 4) is 0 Å². The zero-order valence-electron chi connectivity index (χ0n) is 22.2. The van der Waals surface area contributed by atoms with Gasteiger partial charge in [-0.2, -0.15) is 0 Å². The maximum Gasteiger partial charge on any atom is 0.244 e. The second kappa shape index (κ2) is 10.0. The molecular weight excluding hydrogens is 474 g/mol. The molecule has 1 spiro atoms.